The van der Waals surface area contributed by atoms with E-state index in [0.717, 1.165) is 135 Å². The van der Waals surface area contributed by atoms with Crippen molar-refractivity contribution in [3.8, 4) is 50.8 Å². The Balaban J connectivity index is 0.748. The molecule has 0 radical (unpaired) electrons. The molecule has 0 atom stereocenters. The smallest absolute Gasteiger partial charge is 0.160 e. The van der Waals surface area contributed by atoms with Gasteiger partial charge in [0.05, 0.1) is 44.3 Å². The van der Waals surface area contributed by atoms with E-state index in [0.29, 0.717) is 5.82 Å². The van der Waals surface area contributed by atoms with Gasteiger partial charge in [-0.1, -0.05) is 206 Å². The van der Waals surface area contributed by atoms with Crippen molar-refractivity contribution >= 4 is 128 Å². The molecule has 0 saturated heterocycles. The Morgan fingerprint density at radius 2 is 0.481 bits per heavy atom. The van der Waals surface area contributed by atoms with Crippen LogP contribution >= 0.6 is 0 Å². The molecule has 106 heavy (non-hydrogen) atoms. The molecular formula is C98H66N8. The highest BCUT2D eigenvalue weighted by atomic mass is 15.2. The van der Waals surface area contributed by atoms with Crippen LogP contribution in [-0.2, 0) is 0 Å². The third-order valence-corrected chi connectivity index (χ3v) is 20.7. The second-order valence-electron chi connectivity index (χ2n) is 27.0. The first-order valence-corrected chi connectivity index (χ1v) is 36.0. The van der Waals surface area contributed by atoms with Crippen LogP contribution in [0.3, 0.4) is 0 Å². The Morgan fingerprint density at radius 1 is 0.179 bits per heavy atom. The summed E-state index contributed by atoms with van der Waals surface area (Å²) in [5, 5.41) is 8.02. The summed E-state index contributed by atoms with van der Waals surface area (Å²) in [5.41, 5.74) is 25.1. The summed E-state index contributed by atoms with van der Waals surface area (Å²) in [6.07, 6.45) is 0. The van der Waals surface area contributed by atoms with Gasteiger partial charge >= 0.3 is 0 Å². The van der Waals surface area contributed by atoms with Gasteiger partial charge in [-0.05, 0) is 205 Å². The molecule has 20 aromatic rings. The maximum Gasteiger partial charge on any atom is 0.160 e. The molecule has 0 fully saturated rings. The summed E-state index contributed by atoms with van der Waals surface area (Å²) in [5.74, 6) is 0.612. The van der Waals surface area contributed by atoms with Crippen molar-refractivity contribution in [2.45, 2.75) is 0 Å². The Labute approximate surface area is 613 Å². The highest BCUT2D eigenvalue weighted by Crippen LogP contribution is 2.46. The van der Waals surface area contributed by atoms with Gasteiger partial charge in [-0.2, -0.15) is 0 Å². The molecule has 4 heterocycles. The van der Waals surface area contributed by atoms with E-state index in [4.69, 9.17) is 9.97 Å². The number of nitrogens with zero attached hydrogens (tertiary/aromatic N) is 8. The Bertz CT molecular complexity index is 6710. The van der Waals surface area contributed by atoms with Crippen LogP contribution in [0.15, 0.2) is 400 Å². The minimum Gasteiger partial charge on any atom is -0.310 e. The molecule has 8 nitrogen and oxygen atoms in total. The molecule has 0 amide bonds. The van der Waals surface area contributed by atoms with E-state index in [2.05, 4.69) is 429 Å². The summed E-state index contributed by atoms with van der Waals surface area (Å²) >= 11 is 0. The molecule has 0 spiro atoms. The van der Waals surface area contributed by atoms with Crippen LogP contribution in [0.2, 0.25) is 0 Å². The third kappa shape index (κ3) is 10.7. The van der Waals surface area contributed by atoms with Crippen molar-refractivity contribution in [2.24, 2.45) is 0 Å². The summed E-state index contributed by atoms with van der Waals surface area (Å²) in [6.45, 7) is 0. The summed E-state index contributed by atoms with van der Waals surface area (Å²) in [7, 11) is 0. The van der Waals surface area contributed by atoms with Crippen molar-refractivity contribution in [3.63, 3.8) is 0 Å². The van der Waals surface area contributed by atoms with E-state index < -0.39 is 0 Å². The second kappa shape index (κ2) is 25.9. The minimum absolute atomic E-state index is 0.612. The van der Waals surface area contributed by atoms with Crippen molar-refractivity contribution in [1.82, 2.24) is 23.7 Å². The van der Waals surface area contributed by atoms with Crippen LogP contribution in [0, 0.1) is 0 Å². The number of rotatable bonds is 15. The van der Waals surface area contributed by atoms with Crippen molar-refractivity contribution in [2.75, 3.05) is 14.7 Å². The lowest BCUT2D eigenvalue weighted by molar-refractivity contribution is 1.18. The van der Waals surface area contributed by atoms with Gasteiger partial charge in [0, 0.05) is 117 Å². The molecule has 0 bridgehead atoms. The molecule has 20 rings (SSSR count). The van der Waals surface area contributed by atoms with E-state index in [9.17, 15) is 0 Å². The maximum absolute atomic E-state index is 5.81. The molecule has 16 aromatic carbocycles. The first-order chi connectivity index (χ1) is 52.6. The van der Waals surface area contributed by atoms with Gasteiger partial charge in [-0.25, -0.2) is 9.97 Å². The first-order valence-electron chi connectivity index (χ1n) is 36.0. The SMILES string of the molecule is c1ccc(N(c2cccc(-c3ccc4nc(-c5cccc(N(c6ccccc6)c6ccc7c(c6)c6ccccc6n7-c6ccccc6)c5)nc(-c5cccc(N(c6ccccc6)c6ccc7c(c6)c6ccccc6n7-c6ccccc6)c5)c4c3)c2)c2ccc3c(c2)c2ccccc2n3-c2ccccc2)cc1. The van der Waals surface area contributed by atoms with E-state index >= 15 is 0 Å². The maximum atomic E-state index is 5.81. The van der Waals surface area contributed by atoms with Crippen LogP contribution in [0.4, 0.5) is 51.2 Å². The van der Waals surface area contributed by atoms with Gasteiger partial charge in [0.2, 0.25) is 0 Å². The quantitative estimate of drug-likeness (QED) is 0.102. The zero-order chi connectivity index (χ0) is 70.0. The second-order valence-corrected chi connectivity index (χ2v) is 27.0. The molecular weight excluding hydrogens is 1290 g/mol. The Morgan fingerprint density at radius 3 is 0.887 bits per heavy atom. The largest absolute Gasteiger partial charge is 0.310 e. The molecule has 4 aromatic heterocycles. The van der Waals surface area contributed by atoms with Crippen LogP contribution in [0.5, 0.6) is 0 Å². The van der Waals surface area contributed by atoms with Crippen molar-refractivity contribution in [1.29, 1.82) is 0 Å². The lowest BCUT2D eigenvalue weighted by atomic mass is 9.98. The number of benzene rings is 16. The average molecular weight is 1360 g/mol. The number of aromatic nitrogens is 5. The third-order valence-electron chi connectivity index (χ3n) is 20.7. The van der Waals surface area contributed by atoms with Gasteiger partial charge in [0.1, 0.15) is 0 Å². The fourth-order valence-corrected chi connectivity index (χ4v) is 16.0. The number of anilines is 9. The van der Waals surface area contributed by atoms with Gasteiger partial charge in [-0.3, -0.25) is 0 Å². The van der Waals surface area contributed by atoms with Crippen LogP contribution in [0.1, 0.15) is 0 Å². The molecule has 0 saturated carbocycles. The summed E-state index contributed by atoms with van der Waals surface area (Å²) in [4.78, 5) is 18.5. The van der Waals surface area contributed by atoms with E-state index in [1.807, 2.05) is 0 Å². The molecule has 0 aliphatic heterocycles. The Kier molecular flexibility index (Phi) is 15.0. The fraction of sp³-hybridized carbons (Fsp3) is 0. The molecule has 8 heteroatoms. The predicted octanol–water partition coefficient (Wildman–Crippen LogP) is 26.3. The number of fused-ring (bicyclic) bond motifs is 10. The highest BCUT2D eigenvalue weighted by molar-refractivity contribution is 6.13. The minimum atomic E-state index is 0.612. The Hall–Kier alpha value is -14.3. The van der Waals surface area contributed by atoms with Gasteiger partial charge < -0.3 is 28.4 Å². The monoisotopic (exact) mass is 1350 g/mol. The zero-order valence-electron chi connectivity index (χ0n) is 57.7. The van der Waals surface area contributed by atoms with Crippen LogP contribution in [0.25, 0.3) is 127 Å². The molecule has 0 aliphatic carbocycles. The lowest BCUT2D eigenvalue weighted by Gasteiger charge is -2.26. The van der Waals surface area contributed by atoms with E-state index in [-0.39, 0.29) is 0 Å². The van der Waals surface area contributed by atoms with Crippen molar-refractivity contribution in [3.05, 3.63) is 400 Å². The normalized spacial score (nSPS) is 11.6. The topological polar surface area (TPSA) is 50.3 Å². The number of hydrogen-bond acceptors (Lipinski definition) is 5. The lowest BCUT2D eigenvalue weighted by Crippen LogP contribution is -2.10. The summed E-state index contributed by atoms with van der Waals surface area (Å²) in [6, 6.07) is 144. The molecule has 0 unspecified atom stereocenters. The number of hydrogen-bond donors (Lipinski definition) is 0. The molecule has 0 N–H and O–H groups in total. The zero-order valence-corrected chi connectivity index (χ0v) is 57.7. The van der Waals surface area contributed by atoms with Crippen LogP contribution < -0.4 is 14.7 Å². The molecule has 0 aliphatic rings. The van der Waals surface area contributed by atoms with Gasteiger partial charge in [0.25, 0.3) is 0 Å². The fourth-order valence-electron chi connectivity index (χ4n) is 16.0. The highest BCUT2D eigenvalue weighted by Gasteiger charge is 2.24. The van der Waals surface area contributed by atoms with Crippen molar-refractivity contribution < 1.29 is 0 Å². The molecule has 498 valence electrons. The predicted molar refractivity (Wildman–Crippen MR) is 443 cm³/mol. The van der Waals surface area contributed by atoms with Gasteiger partial charge in [0.15, 0.2) is 5.82 Å². The number of para-hydroxylation sites is 9. The summed E-state index contributed by atoms with van der Waals surface area (Å²) < 4.78 is 7.11. The average Bonchev–Trinajstić information content (AvgIpc) is 1.68. The van der Waals surface area contributed by atoms with Crippen LogP contribution in [-0.4, -0.2) is 23.7 Å². The van der Waals surface area contributed by atoms with E-state index in [1.54, 1.807) is 0 Å². The first kappa shape index (κ1) is 61.5. The van der Waals surface area contributed by atoms with E-state index in [1.165, 1.54) is 37.8 Å². The standard InChI is InChI=1S/C98H66N8/c1-7-31-71(32-8-1)101(80-53-57-94-86(64-80)83-46-19-22-49-91(83)104(94)74-37-13-4-14-38-74)77-43-25-28-67(60-77)68-52-56-90-89(63-68)97(69-29-26-44-78(61-69)102(72-33-9-2-10-34-72)81-54-58-95-87(65-81)84-47-20-23-50-92(84)105(95)75-39-15-5-16-40-75)100-98(99-90)70-30-27-45-79(62-70)103(73-35-11-3-12-36-73)82-55-59-96-88(66-82)85-48-21-24-51-93(85)106(96)76-41-17-6-18-42-76/h1-66H. The van der Waals surface area contributed by atoms with Gasteiger partial charge in [-0.15, -0.1) is 0 Å².